The van der Waals surface area contributed by atoms with Gasteiger partial charge >= 0.3 is 5.97 Å². The van der Waals surface area contributed by atoms with Crippen LogP contribution >= 0.6 is 0 Å². The smallest absolute Gasteiger partial charge is 0.333 e. The Morgan fingerprint density at radius 2 is 1.71 bits per heavy atom. The number of ether oxygens (including phenoxy) is 1. The van der Waals surface area contributed by atoms with E-state index < -0.39 is 42.3 Å². The minimum absolute atomic E-state index is 0.0243. The summed E-state index contributed by atoms with van der Waals surface area (Å²) < 4.78 is 5.24. The van der Waals surface area contributed by atoms with Gasteiger partial charge in [-0.3, -0.25) is 4.79 Å². The Kier molecular flexibility index (Phi) is 6.70. The van der Waals surface area contributed by atoms with Crippen LogP contribution in [0.4, 0.5) is 0 Å². The lowest BCUT2D eigenvalue weighted by molar-refractivity contribution is -0.160. The van der Waals surface area contributed by atoms with Gasteiger partial charge in [0.1, 0.15) is 17.5 Å². The predicted octanol–water partition coefficient (Wildman–Crippen LogP) is -0.395. The highest BCUT2D eigenvalue weighted by Gasteiger charge is 2.32. The van der Waals surface area contributed by atoms with Crippen LogP contribution in [0.5, 0.6) is 5.75 Å². The second-order valence-corrected chi connectivity index (χ2v) is 6.26. The molecule has 0 bridgehead atoms. The van der Waals surface area contributed by atoms with Crippen molar-refractivity contribution < 1.29 is 34.8 Å². The van der Waals surface area contributed by atoms with E-state index in [1.807, 2.05) is 0 Å². The molecule has 1 amide bonds. The van der Waals surface area contributed by atoms with Gasteiger partial charge in [0.15, 0.2) is 12.1 Å². The number of aliphatic hydroxyl groups excluding tert-OH is 3. The zero-order valence-electron chi connectivity index (χ0n) is 13.8. The van der Waals surface area contributed by atoms with E-state index in [1.54, 1.807) is 20.8 Å². The highest BCUT2D eigenvalue weighted by atomic mass is 16.6. The van der Waals surface area contributed by atoms with Crippen LogP contribution in [0, 0.1) is 0 Å². The lowest BCUT2D eigenvalue weighted by Crippen LogP contribution is -2.47. The Balaban J connectivity index is 3.03. The number of carbonyl (C=O) groups excluding carboxylic acids is 2. The third kappa shape index (κ3) is 5.80. The molecule has 5 N–H and O–H groups in total. The van der Waals surface area contributed by atoms with Crippen LogP contribution in [0.25, 0.3) is 0 Å². The van der Waals surface area contributed by atoms with Crippen molar-refractivity contribution in [1.29, 1.82) is 0 Å². The number of aliphatic hydroxyl groups is 3. The zero-order valence-corrected chi connectivity index (χ0v) is 13.8. The van der Waals surface area contributed by atoms with E-state index in [4.69, 9.17) is 9.84 Å². The van der Waals surface area contributed by atoms with Gasteiger partial charge in [0.25, 0.3) is 5.91 Å². The monoisotopic (exact) mass is 341 g/mol. The minimum Gasteiger partial charge on any atom is -0.508 e. The van der Waals surface area contributed by atoms with Gasteiger partial charge in [-0.05, 0) is 38.5 Å². The molecule has 0 aliphatic heterocycles. The molecule has 1 aromatic rings. The molecule has 0 spiro atoms. The molecule has 0 aliphatic rings. The van der Waals surface area contributed by atoms with Crippen molar-refractivity contribution in [1.82, 2.24) is 5.32 Å². The summed E-state index contributed by atoms with van der Waals surface area (Å²) in [6.07, 6.45) is -3.58. The van der Waals surface area contributed by atoms with Crippen LogP contribution in [-0.4, -0.2) is 56.7 Å². The summed E-state index contributed by atoms with van der Waals surface area (Å²) in [6.45, 7) is 4.16. The average Bonchev–Trinajstić information content (AvgIpc) is 2.50. The maximum Gasteiger partial charge on any atom is 0.333 e. The number of rotatable bonds is 6. The molecule has 0 saturated heterocycles. The first-order valence-electron chi connectivity index (χ1n) is 7.34. The topological polar surface area (TPSA) is 136 Å². The maximum atomic E-state index is 12.3. The quantitative estimate of drug-likeness (QED) is 0.444. The number of phenolic OH excluding ortho intramolecular Hbond substituents is 1. The fraction of sp³-hybridized carbons (Fsp3) is 0.500. The molecule has 24 heavy (non-hydrogen) atoms. The van der Waals surface area contributed by atoms with Crippen LogP contribution in [0.15, 0.2) is 24.3 Å². The number of esters is 1. The van der Waals surface area contributed by atoms with Crippen LogP contribution in [-0.2, 0) is 14.3 Å². The van der Waals surface area contributed by atoms with E-state index in [0.717, 1.165) is 0 Å². The molecular weight excluding hydrogens is 318 g/mol. The highest BCUT2D eigenvalue weighted by molar-refractivity contribution is 5.88. The number of amides is 1. The van der Waals surface area contributed by atoms with Gasteiger partial charge < -0.3 is 30.5 Å². The van der Waals surface area contributed by atoms with Crippen molar-refractivity contribution in [2.75, 3.05) is 6.61 Å². The predicted molar refractivity (Wildman–Crippen MR) is 83.9 cm³/mol. The van der Waals surface area contributed by atoms with Crippen LogP contribution in [0.1, 0.15) is 32.4 Å². The number of nitrogens with one attached hydrogen (secondary N) is 1. The van der Waals surface area contributed by atoms with Crippen molar-refractivity contribution in [2.45, 2.75) is 44.6 Å². The van der Waals surface area contributed by atoms with Crippen molar-refractivity contribution in [2.24, 2.45) is 0 Å². The second kappa shape index (κ2) is 8.09. The molecule has 1 unspecified atom stereocenters. The van der Waals surface area contributed by atoms with Crippen LogP contribution in [0.2, 0.25) is 0 Å². The number of aromatic hydroxyl groups is 1. The zero-order chi connectivity index (χ0) is 18.5. The summed E-state index contributed by atoms with van der Waals surface area (Å²) in [5, 5.41) is 39.4. The van der Waals surface area contributed by atoms with Gasteiger partial charge in [-0.25, -0.2) is 4.79 Å². The van der Waals surface area contributed by atoms with Gasteiger partial charge in [0.2, 0.25) is 0 Å². The van der Waals surface area contributed by atoms with E-state index in [2.05, 4.69) is 5.32 Å². The molecule has 0 saturated carbocycles. The lowest BCUT2D eigenvalue weighted by Gasteiger charge is -2.26. The first-order chi connectivity index (χ1) is 11.0. The minimum atomic E-state index is -1.91. The van der Waals surface area contributed by atoms with E-state index in [9.17, 15) is 24.9 Å². The third-order valence-corrected chi connectivity index (χ3v) is 2.98. The van der Waals surface area contributed by atoms with Crippen LogP contribution < -0.4 is 5.32 Å². The number of hydrogen-bond donors (Lipinski definition) is 5. The largest absolute Gasteiger partial charge is 0.508 e. The van der Waals surface area contributed by atoms with Crippen LogP contribution in [0.3, 0.4) is 0 Å². The highest BCUT2D eigenvalue weighted by Crippen LogP contribution is 2.21. The fourth-order valence-corrected chi connectivity index (χ4v) is 1.81. The normalized spacial score (nSPS) is 15.2. The van der Waals surface area contributed by atoms with Gasteiger partial charge in [0.05, 0.1) is 6.61 Å². The molecule has 134 valence electrons. The van der Waals surface area contributed by atoms with Gasteiger partial charge in [0, 0.05) is 0 Å². The first-order valence-corrected chi connectivity index (χ1v) is 7.34. The van der Waals surface area contributed by atoms with E-state index in [0.29, 0.717) is 5.56 Å². The number of benzene rings is 1. The molecule has 1 aromatic carbocycles. The third-order valence-electron chi connectivity index (χ3n) is 2.98. The SMILES string of the molecule is CC(C)(C)OC(=O)C(NC(=O)[C@@H](O)[C@H](O)CO)c1ccc(O)cc1. The Bertz CT molecular complexity index is 565. The molecule has 8 nitrogen and oxygen atoms in total. The second-order valence-electron chi connectivity index (χ2n) is 6.26. The lowest BCUT2D eigenvalue weighted by atomic mass is 10.1. The summed E-state index contributed by atoms with van der Waals surface area (Å²) >= 11 is 0. The fourth-order valence-electron chi connectivity index (χ4n) is 1.81. The molecule has 0 heterocycles. The van der Waals surface area contributed by atoms with E-state index in [-0.39, 0.29) is 5.75 Å². The summed E-state index contributed by atoms with van der Waals surface area (Å²) in [6, 6.07) is 4.24. The standard InChI is InChI=1S/C16H23NO7/c1-16(2,3)24-15(23)12(9-4-6-10(19)7-5-9)17-14(22)13(21)11(20)8-18/h4-7,11-13,18-21H,8H2,1-3H3,(H,17,22)/t11-,12?,13+/m1/s1. The van der Waals surface area contributed by atoms with Crippen molar-refractivity contribution in [3.63, 3.8) is 0 Å². The summed E-state index contributed by atoms with van der Waals surface area (Å²) in [5.74, 6) is -1.84. The summed E-state index contributed by atoms with van der Waals surface area (Å²) in [7, 11) is 0. The van der Waals surface area contributed by atoms with E-state index >= 15 is 0 Å². The Hall–Kier alpha value is -2.16. The van der Waals surface area contributed by atoms with Gasteiger partial charge in [-0.1, -0.05) is 12.1 Å². The molecule has 0 aromatic heterocycles. The average molecular weight is 341 g/mol. The molecular formula is C16H23NO7. The van der Waals surface area contributed by atoms with Gasteiger partial charge in [-0.2, -0.15) is 0 Å². The van der Waals surface area contributed by atoms with Crippen molar-refractivity contribution in [3.8, 4) is 5.75 Å². The number of phenols is 1. The Morgan fingerprint density at radius 3 is 2.17 bits per heavy atom. The van der Waals surface area contributed by atoms with Crippen molar-refractivity contribution >= 4 is 11.9 Å². The number of carbonyl (C=O) groups is 2. The molecule has 1 rings (SSSR count). The summed E-state index contributed by atoms with van der Waals surface area (Å²) in [4.78, 5) is 24.3. The molecule has 8 heteroatoms. The summed E-state index contributed by atoms with van der Waals surface area (Å²) in [5.41, 5.74) is -0.485. The molecule has 0 fully saturated rings. The molecule has 0 aliphatic carbocycles. The maximum absolute atomic E-state index is 12.3. The first kappa shape index (κ1) is 19.9. The van der Waals surface area contributed by atoms with E-state index in [1.165, 1.54) is 24.3 Å². The molecule has 0 radical (unpaired) electrons. The van der Waals surface area contributed by atoms with Gasteiger partial charge in [-0.15, -0.1) is 0 Å². The number of hydrogen-bond acceptors (Lipinski definition) is 7. The van der Waals surface area contributed by atoms with Crippen molar-refractivity contribution in [3.05, 3.63) is 29.8 Å². The Labute approximate surface area is 139 Å². The molecule has 3 atom stereocenters. The Morgan fingerprint density at radius 1 is 1.17 bits per heavy atom.